The molecule has 0 aromatic heterocycles. The van der Waals surface area contributed by atoms with E-state index in [1.165, 1.54) is 0 Å². The first kappa shape index (κ1) is 17.5. The molecule has 2 N–H and O–H groups in total. The number of hydrogen-bond acceptors (Lipinski definition) is 4. The fraction of sp³-hybridized carbons (Fsp3) is 0.381. The van der Waals surface area contributed by atoms with Gasteiger partial charge in [0.1, 0.15) is 11.5 Å². The van der Waals surface area contributed by atoms with Crippen LogP contribution in [-0.4, -0.2) is 32.3 Å². The Morgan fingerprint density at radius 2 is 1.78 bits per heavy atom. The second-order valence-electron chi connectivity index (χ2n) is 6.71. The van der Waals surface area contributed by atoms with Crippen LogP contribution >= 0.6 is 0 Å². The van der Waals surface area contributed by atoms with Crippen molar-refractivity contribution in [1.29, 1.82) is 0 Å². The smallest absolute Gasteiger partial charge is 0.323 e. The Morgan fingerprint density at radius 3 is 2.52 bits per heavy atom. The van der Waals surface area contributed by atoms with Gasteiger partial charge in [-0.15, -0.1) is 0 Å². The molecular weight excluding hydrogens is 342 g/mol. The Balaban J connectivity index is 1.49. The van der Waals surface area contributed by atoms with Gasteiger partial charge in [0.25, 0.3) is 0 Å². The predicted molar refractivity (Wildman–Crippen MR) is 107 cm³/mol. The highest BCUT2D eigenvalue weighted by Gasteiger charge is 2.27. The van der Waals surface area contributed by atoms with Gasteiger partial charge in [-0.2, -0.15) is 0 Å². The minimum absolute atomic E-state index is 0.274. The third-order valence-electron chi connectivity index (χ3n) is 5.14. The molecule has 6 heteroatoms. The number of anilines is 3. The number of ether oxygens (including phenoxy) is 2. The highest BCUT2D eigenvalue weighted by Crippen LogP contribution is 2.44. The van der Waals surface area contributed by atoms with Gasteiger partial charge in [-0.1, -0.05) is 0 Å². The van der Waals surface area contributed by atoms with Crippen LogP contribution in [0.15, 0.2) is 30.3 Å². The molecule has 0 spiro atoms. The molecular formula is C21H25N3O3. The van der Waals surface area contributed by atoms with E-state index in [1.54, 1.807) is 0 Å². The van der Waals surface area contributed by atoms with Crippen molar-refractivity contribution in [3.63, 3.8) is 0 Å². The molecule has 27 heavy (non-hydrogen) atoms. The van der Waals surface area contributed by atoms with Gasteiger partial charge in [0.05, 0.1) is 18.9 Å². The van der Waals surface area contributed by atoms with E-state index in [1.807, 2.05) is 30.3 Å². The van der Waals surface area contributed by atoms with Crippen molar-refractivity contribution in [2.75, 3.05) is 41.8 Å². The van der Waals surface area contributed by atoms with Crippen LogP contribution < -0.4 is 25.0 Å². The molecule has 0 bridgehead atoms. The highest BCUT2D eigenvalue weighted by molar-refractivity contribution is 6.02. The largest absolute Gasteiger partial charge is 0.493 e. The number of carbonyl (C=O) groups excluding carboxylic acids is 1. The Labute approximate surface area is 159 Å². The second-order valence-corrected chi connectivity index (χ2v) is 6.71. The summed E-state index contributed by atoms with van der Waals surface area (Å²) in [5, 5.41) is 5.90. The average molecular weight is 367 g/mol. The zero-order valence-corrected chi connectivity index (χ0v) is 15.8. The lowest BCUT2D eigenvalue weighted by Gasteiger charge is -2.21. The lowest BCUT2D eigenvalue weighted by Crippen LogP contribution is -2.22. The van der Waals surface area contributed by atoms with E-state index in [-0.39, 0.29) is 6.03 Å². The van der Waals surface area contributed by atoms with Gasteiger partial charge in [0.2, 0.25) is 0 Å². The Bertz CT molecular complexity index is 812. The summed E-state index contributed by atoms with van der Waals surface area (Å²) in [7, 11) is 0. The summed E-state index contributed by atoms with van der Waals surface area (Å²) in [6, 6.07) is 9.66. The molecule has 0 saturated heterocycles. The molecule has 6 nitrogen and oxygen atoms in total. The zero-order chi connectivity index (χ0) is 18.8. The van der Waals surface area contributed by atoms with Crippen molar-refractivity contribution in [3.05, 3.63) is 41.5 Å². The number of fused-ring (bicyclic) bond motifs is 2. The standard InChI is InChI=1S/C21H25N3O3/c1-3-24(4-2)16-7-5-15(6-8-16)22-21(25)23-19-17-10-12-26-18(17)13-14-9-11-27-20(14)19/h5-8,13H,3-4,9-12H2,1-2H3,(H2,22,23,25). The van der Waals surface area contributed by atoms with Crippen molar-refractivity contribution in [3.8, 4) is 11.5 Å². The number of carbonyl (C=O) groups is 1. The van der Waals surface area contributed by atoms with Gasteiger partial charge in [-0.3, -0.25) is 0 Å². The third kappa shape index (κ3) is 3.39. The Hall–Kier alpha value is -2.89. The molecule has 0 saturated carbocycles. The summed E-state index contributed by atoms with van der Waals surface area (Å²) in [6.07, 6.45) is 1.62. The number of rotatable bonds is 5. The van der Waals surface area contributed by atoms with E-state index < -0.39 is 0 Å². The number of nitrogens with one attached hydrogen (secondary N) is 2. The van der Waals surface area contributed by atoms with Gasteiger partial charge in [0, 0.05) is 48.4 Å². The monoisotopic (exact) mass is 367 g/mol. The fourth-order valence-corrected chi connectivity index (χ4v) is 3.74. The minimum atomic E-state index is -0.274. The summed E-state index contributed by atoms with van der Waals surface area (Å²) in [6.45, 7) is 7.45. The normalized spacial score (nSPS) is 14.0. The van der Waals surface area contributed by atoms with Gasteiger partial charge < -0.3 is 25.0 Å². The van der Waals surface area contributed by atoms with E-state index in [2.05, 4.69) is 29.4 Å². The van der Waals surface area contributed by atoms with Crippen molar-refractivity contribution >= 4 is 23.1 Å². The van der Waals surface area contributed by atoms with Crippen LogP contribution in [0.3, 0.4) is 0 Å². The first-order chi connectivity index (χ1) is 13.2. The first-order valence-electron chi connectivity index (χ1n) is 9.57. The maximum Gasteiger partial charge on any atom is 0.323 e. The van der Waals surface area contributed by atoms with Crippen LogP contribution in [0.4, 0.5) is 21.9 Å². The number of benzene rings is 2. The molecule has 0 aliphatic carbocycles. The molecule has 0 atom stereocenters. The van der Waals surface area contributed by atoms with Crippen LogP contribution in [0.25, 0.3) is 0 Å². The highest BCUT2D eigenvalue weighted by atomic mass is 16.5. The average Bonchev–Trinajstić information content (AvgIpc) is 3.33. The third-order valence-corrected chi connectivity index (χ3v) is 5.14. The van der Waals surface area contributed by atoms with Crippen LogP contribution in [0.1, 0.15) is 25.0 Å². The minimum Gasteiger partial charge on any atom is -0.493 e. The molecule has 0 fully saturated rings. The first-order valence-corrected chi connectivity index (χ1v) is 9.57. The summed E-state index contributed by atoms with van der Waals surface area (Å²) >= 11 is 0. The van der Waals surface area contributed by atoms with Gasteiger partial charge in [-0.05, 0) is 44.2 Å². The molecule has 0 unspecified atom stereocenters. The number of nitrogens with zero attached hydrogens (tertiary/aromatic N) is 1. The lowest BCUT2D eigenvalue weighted by atomic mass is 10.0. The SMILES string of the molecule is CCN(CC)c1ccc(NC(=O)Nc2c3c(cc4c2OCC4)OCC3)cc1. The summed E-state index contributed by atoms with van der Waals surface area (Å²) in [5.41, 5.74) is 4.76. The van der Waals surface area contributed by atoms with Crippen LogP contribution in [-0.2, 0) is 12.8 Å². The predicted octanol–water partition coefficient (Wildman–Crippen LogP) is 4.05. The molecule has 2 aliphatic heterocycles. The van der Waals surface area contributed by atoms with Crippen LogP contribution in [0.2, 0.25) is 0 Å². The van der Waals surface area contributed by atoms with E-state index in [0.29, 0.717) is 13.2 Å². The zero-order valence-electron chi connectivity index (χ0n) is 15.8. The molecule has 142 valence electrons. The number of urea groups is 1. The molecule has 2 aliphatic rings. The molecule has 2 aromatic rings. The maximum atomic E-state index is 12.6. The summed E-state index contributed by atoms with van der Waals surface area (Å²) in [4.78, 5) is 14.8. The van der Waals surface area contributed by atoms with Crippen LogP contribution in [0, 0.1) is 0 Å². The molecule has 0 radical (unpaired) electrons. The van der Waals surface area contributed by atoms with Crippen molar-refractivity contribution < 1.29 is 14.3 Å². The van der Waals surface area contributed by atoms with Crippen LogP contribution in [0.5, 0.6) is 11.5 Å². The lowest BCUT2D eigenvalue weighted by molar-refractivity contribution is 0.262. The molecule has 2 amide bonds. The van der Waals surface area contributed by atoms with Crippen molar-refractivity contribution in [1.82, 2.24) is 0 Å². The Kier molecular flexibility index (Phi) is 4.79. The molecule has 2 heterocycles. The van der Waals surface area contributed by atoms with Gasteiger partial charge >= 0.3 is 6.03 Å². The maximum absolute atomic E-state index is 12.6. The number of amides is 2. The topological polar surface area (TPSA) is 62.8 Å². The van der Waals surface area contributed by atoms with E-state index >= 15 is 0 Å². The second kappa shape index (κ2) is 7.39. The van der Waals surface area contributed by atoms with E-state index in [9.17, 15) is 4.79 Å². The van der Waals surface area contributed by atoms with E-state index in [4.69, 9.17) is 9.47 Å². The van der Waals surface area contributed by atoms with E-state index in [0.717, 1.165) is 65.6 Å². The molecule has 4 rings (SSSR count). The summed E-state index contributed by atoms with van der Waals surface area (Å²) < 4.78 is 11.5. The number of hydrogen-bond donors (Lipinski definition) is 2. The summed E-state index contributed by atoms with van der Waals surface area (Å²) in [5.74, 6) is 1.64. The van der Waals surface area contributed by atoms with Crippen molar-refractivity contribution in [2.24, 2.45) is 0 Å². The quantitative estimate of drug-likeness (QED) is 0.837. The van der Waals surface area contributed by atoms with Crippen molar-refractivity contribution in [2.45, 2.75) is 26.7 Å². The van der Waals surface area contributed by atoms with Gasteiger partial charge in [0.15, 0.2) is 0 Å². The Morgan fingerprint density at radius 1 is 1.04 bits per heavy atom. The van der Waals surface area contributed by atoms with Gasteiger partial charge in [-0.25, -0.2) is 4.79 Å². The molecule has 2 aromatic carbocycles. The fourth-order valence-electron chi connectivity index (χ4n) is 3.74.